The Bertz CT molecular complexity index is 902. The van der Waals surface area contributed by atoms with Crippen molar-refractivity contribution in [2.24, 2.45) is 0 Å². The Balaban J connectivity index is 2.34. The zero-order chi connectivity index (χ0) is 22.0. The lowest BCUT2D eigenvalue weighted by Crippen LogP contribution is -2.42. The standard InChI is InChI=1S/C22H30N2O5/c1-21(2,3)28-19(26)23(7)16(14-25)12-15-13-24(20(27)29-22(4,5)6)18-11-9-8-10-17(15)18/h8-11,13-14,16H,12H2,1-7H3. The van der Waals surface area contributed by atoms with Crippen molar-refractivity contribution in [1.29, 1.82) is 0 Å². The number of hydrogen-bond donors (Lipinski definition) is 0. The van der Waals surface area contributed by atoms with E-state index in [9.17, 15) is 14.4 Å². The molecule has 0 bridgehead atoms. The summed E-state index contributed by atoms with van der Waals surface area (Å²) in [5, 5.41) is 0.822. The Morgan fingerprint density at radius 3 is 2.21 bits per heavy atom. The summed E-state index contributed by atoms with van der Waals surface area (Å²) in [4.78, 5) is 38.0. The van der Waals surface area contributed by atoms with Gasteiger partial charge in [-0.2, -0.15) is 0 Å². The number of rotatable bonds is 4. The van der Waals surface area contributed by atoms with E-state index in [0.29, 0.717) is 11.8 Å². The molecule has 2 aromatic rings. The molecular weight excluding hydrogens is 372 g/mol. The van der Waals surface area contributed by atoms with E-state index in [4.69, 9.17) is 9.47 Å². The van der Waals surface area contributed by atoms with Crippen LogP contribution in [0.3, 0.4) is 0 Å². The van der Waals surface area contributed by atoms with Gasteiger partial charge in [0.25, 0.3) is 0 Å². The van der Waals surface area contributed by atoms with E-state index in [2.05, 4.69) is 0 Å². The molecule has 2 rings (SSSR count). The molecule has 0 aliphatic rings. The van der Waals surface area contributed by atoms with Gasteiger partial charge in [-0.1, -0.05) is 18.2 Å². The summed E-state index contributed by atoms with van der Waals surface area (Å²) < 4.78 is 12.3. The third kappa shape index (κ3) is 5.82. The topological polar surface area (TPSA) is 77.8 Å². The molecule has 0 aliphatic carbocycles. The van der Waals surface area contributed by atoms with Gasteiger partial charge < -0.3 is 19.2 Å². The molecule has 0 N–H and O–H groups in total. The lowest BCUT2D eigenvalue weighted by Gasteiger charge is -2.28. The molecule has 1 aromatic carbocycles. The number of para-hydroxylation sites is 1. The molecule has 1 atom stereocenters. The molecule has 1 aromatic heterocycles. The Labute approximate surface area is 171 Å². The Morgan fingerprint density at radius 1 is 1.07 bits per heavy atom. The summed E-state index contributed by atoms with van der Waals surface area (Å²) in [5.41, 5.74) is 0.149. The molecule has 0 fully saturated rings. The fraction of sp³-hybridized carbons (Fsp3) is 0.500. The molecule has 0 aliphatic heterocycles. The van der Waals surface area contributed by atoms with Gasteiger partial charge >= 0.3 is 12.2 Å². The van der Waals surface area contributed by atoms with Crippen molar-refractivity contribution in [3.8, 4) is 0 Å². The van der Waals surface area contributed by atoms with Crippen LogP contribution in [0.4, 0.5) is 9.59 Å². The zero-order valence-electron chi connectivity index (χ0n) is 18.2. The highest BCUT2D eigenvalue weighted by Gasteiger charge is 2.27. The second kappa shape index (κ2) is 8.27. The van der Waals surface area contributed by atoms with Gasteiger partial charge in [-0.05, 0) is 53.2 Å². The molecule has 0 radical (unpaired) electrons. The summed E-state index contributed by atoms with van der Waals surface area (Å²) in [7, 11) is 1.53. The maximum absolute atomic E-state index is 12.6. The van der Waals surface area contributed by atoms with E-state index in [1.807, 2.05) is 24.3 Å². The molecule has 1 unspecified atom stereocenters. The molecular formula is C22H30N2O5. The number of fused-ring (bicyclic) bond motifs is 1. The van der Waals surface area contributed by atoms with Gasteiger partial charge in [0.1, 0.15) is 17.5 Å². The minimum atomic E-state index is -0.734. The number of likely N-dealkylation sites (N-methyl/N-ethyl adjacent to an activating group) is 1. The Hall–Kier alpha value is -2.83. The van der Waals surface area contributed by atoms with E-state index in [-0.39, 0.29) is 6.42 Å². The fourth-order valence-corrected chi connectivity index (χ4v) is 2.85. The van der Waals surface area contributed by atoms with Crippen molar-refractivity contribution in [3.05, 3.63) is 36.0 Å². The van der Waals surface area contributed by atoms with E-state index < -0.39 is 29.4 Å². The van der Waals surface area contributed by atoms with Crippen LogP contribution in [0.15, 0.2) is 30.5 Å². The highest BCUT2D eigenvalue weighted by atomic mass is 16.6. The van der Waals surface area contributed by atoms with Gasteiger partial charge in [-0.3, -0.25) is 4.57 Å². The van der Waals surface area contributed by atoms with Crippen LogP contribution in [-0.2, 0) is 20.7 Å². The smallest absolute Gasteiger partial charge is 0.419 e. The van der Waals surface area contributed by atoms with Crippen LogP contribution >= 0.6 is 0 Å². The number of nitrogens with zero attached hydrogens (tertiary/aromatic N) is 2. The van der Waals surface area contributed by atoms with E-state index >= 15 is 0 Å². The number of benzene rings is 1. The van der Waals surface area contributed by atoms with Crippen molar-refractivity contribution in [3.63, 3.8) is 0 Å². The average Bonchev–Trinajstić information content (AvgIpc) is 2.95. The average molecular weight is 402 g/mol. The first-order valence-corrected chi connectivity index (χ1v) is 9.56. The SMILES string of the molecule is CN(C(=O)OC(C)(C)C)C(C=O)Cc1cn(C(=O)OC(C)(C)C)c2ccccc12. The monoisotopic (exact) mass is 402 g/mol. The summed E-state index contributed by atoms with van der Waals surface area (Å²) in [6.07, 6.45) is 1.55. The zero-order valence-corrected chi connectivity index (χ0v) is 18.2. The fourth-order valence-electron chi connectivity index (χ4n) is 2.85. The van der Waals surface area contributed by atoms with Crippen LogP contribution in [0, 0.1) is 0 Å². The first-order chi connectivity index (χ1) is 13.3. The van der Waals surface area contributed by atoms with Crippen molar-refractivity contribution >= 4 is 29.4 Å². The third-order valence-corrected chi connectivity index (χ3v) is 4.15. The molecule has 7 nitrogen and oxygen atoms in total. The minimum absolute atomic E-state index is 0.246. The van der Waals surface area contributed by atoms with Gasteiger partial charge in [0.05, 0.1) is 11.6 Å². The van der Waals surface area contributed by atoms with E-state index in [0.717, 1.165) is 10.9 Å². The number of amides is 1. The number of ether oxygens (including phenoxy) is 2. The highest BCUT2D eigenvalue weighted by Crippen LogP contribution is 2.25. The quantitative estimate of drug-likeness (QED) is 0.708. The Kier molecular flexibility index (Phi) is 6.40. The lowest BCUT2D eigenvalue weighted by atomic mass is 10.1. The first-order valence-electron chi connectivity index (χ1n) is 9.56. The van der Waals surface area contributed by atoms with Gasteiger partial charge in [0.15, 0.2) is 0 Å². The van der Waals surface area contributed by atoms with Crippen LogP contribution in [-0.4, -0.2) is 52.2 Å². The molecule has 158 valence electrons. The van der Waals surface area contributed by atoms with Crippen molar-refractivity contribution in [2.45, 2.75) is 65.2 Å². The van der Waals surface area contributed by atoms with Crippen molar-refractivity contribution in [1.82, 2.24) is 9.47 Å². The van der Waals surface area contributed by atoms with Crippen LogP contribution in [0.25, 0.3) is 10.9 Å². The third-order valence-electron chi connectivity index (χ3n) is 4.15. The summed E-state index contributed by atoms with van der Waals surface area (Å²) >= 11 is 0. The molecule has 1 amide bonds. The number of aromatic nitrogens is 1. The van der Waals surface area contributed by atoms with Crippen LogP contribution in [0.2, 0.25) is 0 Å². The first kappa shape index (κ1) is 22.5. The molecule has 29 heavy (non-hydrogen) atoms. The Morgan fingerprint density at radius 2 is 1.66 bits per heavy atom. The second-order valence-electron chi connectivity index (χ2n) is 9.02. The highest BCUT2D eigenvalue weighted by molar-refractivity contribution is 5.92. The van der Waals surface area contributed by atoms with Gasteiger partial charge in [-0.15, -0.1) is 0 Å². The van der Waals surface area contributed by atoms with Crippen molar-refractivity contribution in [2.75, 3.05) is 7.05 Å². The molecule has 0 spiro atoms. The summed E-state index contributed by atoms with van der Waals surface area (Å²) in [5.74, 6) is 0. The minimum Gasteiger partial charge on any atom is -0.444 e. The normalized spacial score (nSPS) is 13.1. The summed E-state index contributed by atoms with van der Waals surface area (Å²) in [6, 6.07) is 6.65. The number of carbonyl (C=O) groups is 3. The predicted molar refractivity (Wildman–Crippen MR) is 111 cm³/mol. The van der Waals surface area contributed by atoms with Gasteiger partial charge in [0.2, 0.25) is 0 Å². The predicted octanol–water partition coefficient (Wildman–Crippen LogP) is 4.40. The molecule has 0 saturated heterocycles. The van der Waals surface area contributed by atoms with Crippen LogP contribution in [0.5, 0.6) is 0 Å². The van der Waals surface area contributed by atoms with Crippen LogP contribution in [0.1, 0.15) is 47.1 Å². The van der Waals surface area contributed by atoms with Crippen LogP contribution < -0.4 is 0 Å². The molecule has 0 saturated carbocycles. The summed E-state index contributed by atoms with van der Waals surface area (Å²) in [6.45, 7) is 10.7. The lowest BCUT2D eigenvalue weighted by molar-refractivity contribution is -0.112. The molecule has 1 heterocycles. The van der Waals surface area contributed by atoms with E-state index in [1.165, 1.54) is 16.5 Å². The van der Waals surface area contributed by atoms with E-state index in [1.54, 1.807) is 47.7 Å². The van der Waals surface area contributed by atoms with Crippen molar-refractivity contribution < 1.29 is 23.9 Å². The molecule has 7 heteroatoms. The maximum Gasteiger partial charge on any atom is 0.419 e. The number of carbonyl (C=O) groups excluding carboxylic acids is 3. The maximum atomic E-state index is 12.6. The second-order valence-corrected chi connectivity index (χ2v) is 9.02. The van der Waals surface area contributed by atoms with Gasteiger partial charge in [0, 0.05) is 25.1 Å². The van der Waals surface area contributed by atoms with Gasteiger partial charge in [-0.25, -0.2) is 9.59 Å². The number of aldehydes is 1. The number of hydrogen-bond acceptors (Lipinski definition) is 5. The largest absolute Gasteiger partial charge is 0.444 e.